The normalized spacial score (nSPS) is 17.4. The van der Waals surface area contributed by atoms with Gasteiger partial charge < -0.3 is 9.84 Å². The number of aromatic nitrogens is 1. The van der Waals surface area contributed by atoms with Gasteiger partial charge >= 0.3 is 5.97 Å². The van der Waals surface area contributed by atoms with Gasteiger partial charge in [0.15, 0.2) is 0 Å². The summed E-state index contributed by atoms with van der Waals surface area (Å²) in [6.07, 6.45) is 2.63. The van der Waals surface area contributed by atoms with Crippen molar-refractivity contribution in [1.82, 2.24) is 9.88 Å². The summed E-state index contributed by atoms with van der Waals surface area (Å²) in [5.41, 5.74) is -0.201. The maximum Gasteiger partial charge on any atom is 0.348 e. The summed E-state index contributed by atoms with van der Waals surface area (Å²) in [5, 5.41) is 10.3. The second-order valence-corrected chi connectivity index (χ2v) is 6.39. The summed E-state index contributed by atoms with van der Waals surface area (Å²) in [6, 6.07) is 12.6. The largest absolute Gasteiger partial charge is 0.478 e. The smallest absolute Gasteiger partial charge is 0.348 e. The zero-order valence-electron chi connectivity index (χ0n) is 13.2. The van der Waals surface area contributed by atoms with Gasteiger partial charge in [0, 0.05) is 43.7 Å². The van der Waals surface area contributed by atoms with Crippen LogP contribution in [0.3, 0.4) is 0 Å². The van der Waals surface area contributed by atoms with Crippen LogP contribution in [0.4, 0.5) is 0 Å². The van der Waals surface area contributed by atoms with E-state index in [0.29, 0.717) is 36.7 Å². The average Bonchev–Trinajstić information content (AvgIpc) is 2.59. The van der Waals surface area contributed by atoms with Gasteiger partial charge in [-0.3, -0.25) is 9.88 Å². The van der Waals surface area contributed by atoms with Crippen molar-refractivity contribution in [2.45, 2.75) is 25.0 Å². The van der Waals surface area contributed by atoms with E-state index < -0.39 is 11.6 Å². The van der Waals surface area contributed by atoms with Crippen LogP contribution in [-0.4, -0.2) is 39.7 Å². The van der Waals surface area contributed by atoms with Crippen molar-refractivity contribution in [3.05, 3.63) is 59.4 Å². The molecule has 0 saturated carbocycles. The first kappa shape index (κ1) is 16.7. The highest BCUT2D eigenvalue weighted by molar-refractivity contribution is 6.30. The van der Waals surface area contributed by atoms with Gasteiger partial charge in [0.05, 0.1) is 5.69 Å². The van der Waals surface area contributed by atoms with Crippen molar-refractivity contribution < 1.29 is 14.6 Å². The molecule has 2 heterocycles. The van der Waals surface area contributed by atoms with Crippen LogP contribution in [0.15, 0.2) is 48.7 Å². The Morgan fingerprint density at radius 3 is 2.50 bits per heavy atom. The van der Waals surface area contributed by atoms with Crippen LogP contribution in [0.1, 0.15) is 18.5 Å². The molecule has 0 bridgehead atoms. The molecule has 1 saturated heterocycles. The number of carbonyl (C=O) groups is 1. The zero-order valence-corrected chi connectivity index (χ0v) is 13.9. The summed E-state index contributed by atoms with van der Waals surface area (Å²) in [6.45, 7) is 2.02. The predicted octanol–water partition coefficient (Wildman–Crippen LogP) is 3.23. The SMILES string of the molecule is O=C(O)C1(Oc2ccc(Cl)cc2)CCN(Cc2ccccn2)CC1. The van der Waals surface area contributed by atoms with Gasteiger partial charge in [-0.1, -0.05) is 17.7 Å². The molecule has 1 N–H and O–H groups in total. The van der Waals surface area contributed by atoms with E-state index in [2.05, 4.69) is 9.88 Å². The zero-order chi connectivity index (χ0) is 17.0. The number of aliphatic carboxylic acids is 1. The maximum absolute atomic E-state index is 11.8. The lowest BCUT2D eigenvalue weighted by Gasteiger charge is -2.38. The molecular formula is C18H19ClN2O3. The molecule has 0 amide bonds. The minimum Gasteiger partial charge on any atom is -0.478 e. The second kappa shape index (κ2) is 7.20. The third kappa shape index (κ3) is 3.86. The Hall–Kier alpha value is -2.11. The topological polar surface area (TPSA) is 62.7 Å². The van der Waals surface area contributed by atoms with Crippen LogP contribution < -0.4 is 4.74 Å². The number of rotatable bonds is 5. The Morgan fingerprint density at radius 1 is 1.21 bits per heavy atom. The highest BCUT2D eigenvalue weighted by Gasteiger charge is 2.44. The molecular weight excluding hydrogens is 328 g/mol. The quantitative estimate of drug-likeness (QED) is 0.900. The first-order valence-corrected chi connectivity index (χ1v) is 8.25. The number of nitrogens with zero attached hydrogens (tertiary/aromatic N) is 2. The molecule has 1 fully saturated rings. The lowest BCUT2D eigenvalue weighted by Crippen LogP contribution is -2.53. The molecule has 1 aromatic heterocycles. The van der Waals surface area contributed by atoms with E-state index in [1.54, 1.807) is 30.5 Å². The summed E-state index contributed by atoms with van der Waals surface area (Å²) < 4.78 is 5.86. The Kier molecular flexibility index (Phi) is 5.02. The number of likely N-dealkylation sites (tertiary alicyclic amines) is 1. The van der Waals surface area contributed by atoms with Crippen LogP contribution >= 0.6 is 11.6 Å². The first-order chi connectivity index (χ1) is 11.6. The Morgan fingerprint density at radius 2 is 1.92 bits per heavy atom. The Balaban J connectivity index is 1.65. The summed E-state index contributed by atoms with van der Waals surface area (Å²) in [4.78, 5) is 18.4. The number of benzene rings is 1. The van der Waals surface area contributed by atoms with Crippen molar-refractivity contribution in [1.29, 1.82) is 0 Å². The highest BCUT2D eigenvalue weighted by atomic mass is 35.5. The van der Waals surface area contributed by atoms with Gasteiger partial charge in [-0.25, -0.2) is 4.79 Å². The molecule has 24 heavy (non-hydrogen) atoms. The molecule has 6 heteroatoms. The maximum atomic E-state index is 11.8. The van der Waals surface area contributed by atoms with Gasteiger partial charge in [-0.05, 0) is 36.4 Å². The minimum atomic E-state index is -1.19. The summed E-state index contributed by atoms with van der Waals surface area (Å²) >= 11 is 5.86. The number of hydrogen-bond donors (Lipinski definition) is 1. The van der Waals surface area contributed by atoms with Crippen molar-refractivity contribution in [2.24, 2.45) is 0 Å². The molecule has 0 spiro atoms. The fourth-order valence-corrected chi connectivity index (χ4v) is 3.01. The van der Waals surface area contributed by atoms with E-state index >= 15 is 0 Å². The van der Waals surface area contributed by atoms with E-state index in [4.69, 9.17) is 16.3 Å². The number of piperidine rings is 1. The first-order valence-electron chi connectivity index (χ1n) is 7.88. The fraction of sp³-hybridized carbons (Fsp3) is 0.333. The van der Waals surface area contributed by atoms with Crippen LogP contribution in [0, 0.1) is 0 Å². The van der Waals surface area contributed by atoms with E-state index in [1.165, 1.54) is 0 Å². The van der Waals surface area contributed by atoms with E-state index in [9.17, 15) is 9.90 Å². The van der Waals surface area contributed by atoms with Crippen LogP contribution in [-0.2, 0) is 11.3 Å². The molecule has 1 aliphatic rings. The molecule has 5 nitrogen and oxygen atoms in total. The van der Waals surface area contributed by atoms with Crippen molar-refractivity contribution in [2.75, 3.05) is 13.1 Å². The molecule has 126 valence electrons. The number of carboxylic acids is 1. The average molecular weight is 347 g/mol. The lowest BCUT2D eigenvalue weighted by atomic mass is 9.91. The second-order valence-electron chi connectivity index (χ2n) is 5.95. The van der Waals surface area contributed by atoms with Gasteiger partial charge in [0.2, 0.25) is 5.60 Å². The molecule has 1 aliphatic heterocycles. The summed E-state index contributed by atoms with van der Waals surface area (Å²) in [5.74, 6) is -0.394. The highest BCUT2D eigenvalue weighted by Crippen LogP contribution is 2.30. The molecule has 0 atom stereocenters. The van der Waals surface area contributed by atoms with Crippen molar-refractivity contribution in [3.8, 4) is 5.75 Å². The van der Waals surface area contributed by atoms with Crippen LogP contribution in [0.2, 0.25) is 5.02 Å². The monoisotopic (exact) mass is 346 g/mol. The van der Waals surface area contributed by atoms with Gasteiger partial charge in [0.1, 0.15) is 5.75 Å². The van der Waals surface area contributed by atoms with Gasteiger partial charge in [-0.15, -0.1) is 0 Å². The lowest BCUT2D eigenvalue weighted by molar-refractivity contribution is -0.159. The number of halogens is 1. The number of ether oxygens (including phenoxy) is 1. The van der Waals surface area contributed by atoms with Crippen molar-refractivity contribution in [3.63, 3.8) is 0 Å². The van der Waals surface area contributed by atoms with E-state index in [1.807, 2.05) is 18.2 Å². The molecule has 2 aromatic rings. The molecule has 0 aliphatic carbocycles. The molecule has 0 unspecified atom stereocenters. The van der Waals surface area contributed by atoms with Crippen LogP contribution in [0.25, 0.3) is 0 Å². The number of pyridine rings is 1. The third-order valence-corrected chi connectivity index (χ3v) is 4.54. The molecule has 1 aromatic carbocycles. The Bertz CT molecular complexity index is 683. The van der Waals surface area contributed by atoms with E-state index in [-0.39, 0.29) is 0 Å². The minimum absolute atomic E-state index is 0.428. The van der Waals surface area contributed by atoms with E-state index in [0.717, 1.165) is 12.2 Å². The van der Waals surface area contributed by atoms with Crippen molar-refractivity contribution >= 4 is 17.6 Å². The number of carboxylic acid groups (broad SMARTS) is 1. The predicted molar refractivity (Wildman–Crippen MR) is 91.2 cm³/mol. The Labute approximate surface area is 145 Å². The molecule has 3 rings (SSSR count). The summed E-state index contributed by atoms with van der Waals surface area (Å²) in [7, 11) is 0. The van der Waals surface area contributed by atoms with Gasteiger partial charge in [0.25, 0.3) is 0 Å². The standard InChI is InChI=1S/C18H19ClN2O3/c19-14-4-6-16(7-5-14)24-18(17(22)23)8-11-21(12-9-18)13-15-3-1-2-10-20-15/h1-7,10H,8-9,11-13H2,(H,22,23). The molecule has 0 radical (unpaired) electrons. The number of hydrogen-bond acceptors (Lipinski definition) is 4. The van der Waals surface area contributed by atoms with Crippen LogP contribution in [0.5, 0.6) is 5.75 Å². The fourth-order valence-electron chi connectivity index (χ4n) is 2.88. The van der Waals surface area contributed by atoms with Gasteiger partial charge in [-0.2, -0.15) is 0 Å². The third-order valence-electron chi connectivity index (χ3n) is 4.29.